The molecule has 0 bridgehead atoms. The van der Waals surface area contributed by atoms with Gasteiger partial charge in [-0.1, -0.05) is 0 Å². The Morgan fingerprint density at radius 1 is 1.06 bits per heavy atom. The van der Waals surface area contributed by atoms with E-state index in [2.05, 4.69) is 27.7 Å². The van der Waals surface area contributed by atoms with E-state index in [9.17, 15) is 4.79 Å². The van der Waals surface area contributed by atoms with Crippen molar-refractivity contribution in [3.8, 4) is 0 Å². The largest absolute Gasteiger partial charge is 0.366 e. The first-order valence-electron chi connectivity index (χ1n) is 6.50. The zero-order valence-electron chi connectivity index (χ0n) is 12.4. The predicted octanol–water partition coefficient (Wildman–Crippen LogP) is 3.53. The lowest BCUT2D eigenvalue weighted by atomic mass is 9.82. The maximum Gasteiger partial charge on any atom is 0.330 e. The van der Waals surface area contributed by atoms with Crippen molar-refractivity contribution in [3.05, 3.63) is 0 Å². The number of hydroxylamine groups is 2. The Bertz CT molecular complexity index is 284. The van der Waals surface area contributed by atoms with Crippen LogP contribution < -0.4 is 0 Å². The fourth-order valence-corrected chi connectivity index (χ4v) is 2.44. The molecular weight excluding hydrogens is 214 g/mol. The summed E-state index contributed by atoms with van der Waals surface area (Å²) in [6, 6.07) is 0. The van der Waals surface area contributed by atoms with Crippen molar-refractivity contribution in [2.75, 3.05) is 0 Å². The second-order valence-corrected chi connectivity index (χ2v) is 7.40. The summed E-state index contributed by atoms with van der Waals surface area (Å²) in [5.74, 6) is -0.152. The Hall–Kier alpha value is -0.570. The van der Waals surface area contributed by atoms with Crippen molar-refractivity contribution in [2.45, 2.75) is 78.8 Å². The number of rotatable bonds is 1. The van der Waals surface area contributed by atoms with Gasteiger partial charge in [-0.3, -0.25) is 0 Å². The summed E-state index contributed by atoms with van der Waals surface area (Å²) in [5.41, 5.74) is -0.616. The molecule has 0 atom stereocenters. The maximum atomic E-state index is 12.0. The van der Waals surface area contributed by atoms with Crippen LogP contribution in [0.4, 0.5) is 0 Å². The van der Waals surface area contributed by atoms with E-state index < -0.39 is 5.41 Å². The number of hydrogen-bond donors (Lipinski definition) is 0. The van der Waals surface area contributed by atoms with Crippen LogP contribution in [0.3, 0.4) is 0 Å². The van der Waals surface area contributed by atoms with Gasteiger partial charge in [0.25, 0.3) is 0 Å². The number of piperidine rings is 1. The lowest BCUT2D eigenvalue weighted by Crippen LogP contribution is -2.59. The second-order valence-electron chi connectivity index (χ2n) is 7.40. The molecule has 17 heavy (non-hydrogen) atoms. The summed E-state index contributed by atoms with van der Waals surface area (Å²) in [6.45, 7) is 14.2. The van der Waals surface area contributed by atoms with Gasteiger partial charge in [-0.25, -0.2) is 4.79 Å². The molecule has 0 unspecified atom stereocenters. The highest BCUT2D eigenvalue weighted by Crippen LogP contribution is 2.39. The van der Waals surface area contributed by atoms with Crippen molar-refractivity contribution >= 4 is 5.97 Å². The van der Waals surface area contributed by atoms with Crippen molar-refractivity contribution in [1.82, 2.24) is 5.06 Å². The fourth-order valence-electron chi connectivity index (χ4n) is 2.44. The molecule has 1 aliphatic rings. The van der Waals surface area contributed by atoms with E-state index >= 15 is 0 Å². The summed E-state index contributed by atoms with van der Waals surface area (Å²) in [6.07, 6.45) is 3.31. The van der Waals surface area contributed by atoms with E-state index in [1.165, 1.54) is 6.42 Å². The van der Waals surface area contributed by atoms with E-state index in [-0.39, 0.29) is 17.0 Å². The van der Waals surface area contributed by atoms with Crippen molar-refractivity contribution in [3.63, 3.8) is 0 Å². The second kappa shape index (κ2) is 4.27. The van der Waals surface area contributed by atoms with E-state index in [4.69, 9.17) is 4.84 Å². The quantitative estimate of drug-likeness (QED) is 0.703. The van der Waals surface area contributed by atoms with Crippen LogP contribution in [0.25, 0.3) is 0 Å². The molecule has 100 valence electrons. The molecule has 0 aromatic carbocycles. The third kappa shape index (κ3) is 3.21. The Kier molecular flexibility index (Phi) is 3.64. The molecule has 0 saturated carbocycles. The Morgan fingerprint density at radius 2 is 1.47 bits per heavy atom. The highest BCUT2D eigenvalue weighted by molar-refractivity contribution is 5.75. The maximum absolute atomic E-state index is 12.0. The fraction of sp³-hybridized carbons (Fsp3) is 0.929. The smallest absolute Gasteiger partial charge is 0.330 e. The normalized spacial score (nSPS) is 24.4. The van der Waals surface area contributed by atoms with Crippen molar-refractivity contribution in [1.29, 1.82) is 0 Å². The van der Waals surface area contributed by atoms with Crippen LogP contribution in [-0.4, -0.2) is 22.1 Å². The first-order chi connectivity index (χ1) is 7.47. The van der Waals surface area contributed by atoms with Crippen LogP contribution in [0.2, 0.25) is 0 Å². The highest BCUT2D eigenvalue weighted by atomic mass is 16.7. The summed E-state index contributed by atoms with van der Waals surface area (Å²) in [7, 11) is 0. The third-order valence-corrected chi connectivity index (χ3v) is 3.46. The molecule has 0 amide bonds. The number of hydrogen-bond acceptors (Lipinski definition) is 3. The summed E-state index contributed by atoms with van der Waals surface area (Å²) in [5, 5.41) is 1.91. The summed E-state index contributed by atoms with van der Waals surface area (Å²) >= 11 is 0. The standard InChI is InChI=1S/C14H27NO2/c1-12(2,3)11(16)17-15-13(4,5)9-8-10-14(15,6)7/h8-10H2,1-7H3. The molecule has 3 nitrogen and oxygen atoms in total. The Labute approximate surface area is 105 Å². The average molecular weight is 241 g/mol. The lowest BCUT2D eigenvalue weighted by molar-refractivity contribution is -0.271. The van der Waals surface area contributed by atoms with E-state index in [0.29, 0.717) is 0 Å². The van der Waals surface area contributed by atoms with Gasteiger partial charge in [-0.05, 0) is 67.7 Å². The number of carbonyl (C=O) groups excluding carboxylic acids is 1. The van der Waals surface area contributed by atoms with Crippen molar-refractivity contribution in [2.24, 2.45) is 5.41 Å². The molecule has 1 fully saturated rings. The first-order valence-corrected chi connectivity index (χ1v) is 6.50. The molecule has 0 spiro atoms. The van der Waals surface area contributed by atoms with Crippen LogP contribution in [0.5, 0.6) is 0 Å². The van der Waals surface area contributed by atoms with Crippen molar-refractivity contribution < 1.29 is 9.63 Å². The van der Waals surface area contributed by atoms with Gasteiger partial charge >= 0.3 is 5.97 Å². The molecule has 0 aromatic rings. The van der Waals surface area contributed by atoms with Gasteiger partial charge in [0.2, 0.25) is 0 Å². The summed E-state index contributed by atoms with van der Waals surface area (Å²) in [4.78, 5) is 17.7. The predicted molar refractivity (Wildman–Crippen MR) is 69.4 cm³/mol. The molecule has 0 N–H and O–H groups in total. The third-order valence-electron chi connectivity index (χ3n) is 3.46. The molecule has 0 aromatic heterocycles. The van der Waals surface area contributed by atoms with E-state index in [1.54, 1.807) is 0 Å². The van der Waals surface area contributed by atoms with Gasteiger partial charge in [-0.2, -0.15) is 0 Å². The van der Waals surface area contributed by atoms with Gasteiger partial charge in [-0.15, -0.1) is 5.06 Å². The van der Waals surface area contributed by atoms with Gasteiger partial charge in [0.05, 0.1) is 16.5 Å². The monoisotopic (exact) mass is 241 g/mol. The minimum absolute atomic E-state index is 0.0807. The molecular formula is C14H27NO2. The Morgan fingerprint density at radius 3 is 1.82 bits per heavy atom. The SMILES string of the molecule is CC(C)(C)C(=O)ON1C(C)(C)CCCC1(C)C. The highest BCUT2D eigenvalue weighted by Gasteiger charge is 2.45. The van der Waals surface area contributed by atoms with Crippen LogP contribution in [0.1, 0.15) is 67.7 Å². The zero-order chi connectivity index (χ0) is 13.5. The molecule has 0 radical (unpaired) electrons. The van der Waals surface area contributed by atoms with Crippen LogP contribution in [0, 0.1) is 5.41 Å². The number of nitrogens with zero attached hydrogens (tertiary/aromatic N) is 1. The molecule has 1 rings (SSSR count). The molecule has 1 saturated heterocycles. The molecule has 1 heterocycles. The van der Waals surface area contributed by atoms with Crippen LogP contribution in [-0.2, 0) is 9.63 Å². The van der Waals surface area contributed by atoms with Gasteiger partial charge < -0.3 is 4.84 Å². The molecule has 0 aliphatic carbocycles. The van der Waals surface area contributed by atoms with Crippen LogP contribution >= 0.6 is 0 Å². The first kappa shape index (κ1) is 14.5. The Balaban J connectivity index is 2.88. The topological polar surface area (TPSA) is 29.5 Å². The minimum Gasteiger partial charge on any atom is -0.366 e. The minimum atomic E-state index is -0.455. The van der Waals surface area contributed by atoms with Gasteiger partial charge in [0.1, 0.15) is 0 Å². The van der Waals surface area contributed by atoms with Gasteiger partial charge in [0.15, 0.2) is 0 Å². The van der Waals surface area contributed by atoms with E-state index in [1.807, 2.05) is 25.8 Å². The van der Waals surface area contributed by atoms with Crippen LogP contribution in [0.15, 0.2) is 0 Å². The average Bonchev–Trinajstić information content (AvgIpc) is 2.08. The van der Waals surface area contributed by atoms with E-state index in [0.717, 1.165) is 12.8 Å². The van der Waals surface area contributed by atoms with Gasteiger partial charge in [0, 0.05) is 0 Å². The lowest BCUT2D eigenvalue weighted by Gasteiger charge is -2.50. The summed E-state index contributed by atoms with van der Waals surface area (Å²) < 4.78 is 0. The zero-order valence-corrected chi connectivity index (χ0v) is 12.4. The molecule has 1 aliphatic heterocycles. The molecule has 3 heteroatoms. The number of carbonyl (C=O) groups is 1.